The van der Waals surface area contributed by atoms with Gasteiger partial charge in [0.2, 0.25) is 5.91 Å². The predicted octanol–water partition coefficient (Wildman–Crippen LogP) is 3.65. The van der Waals surface area contributed by atoms with Crippen LogP contribution >= 0.6 is 0 Å². The third-order valence-electron chi connectivity index (χ3n) is 6.40. The highest BCUT2D eigenvalue weighted by atomic mass is 16.2. The molecule has 1 aromatic heterocycles. The smallest absolute Gasteiger partial charge is 0.254 e. The van der Waals surface area contributed by atoms with E-state index in [1.807, 2.05) is 71.6 Å². The summed E-state index contributed by atoms with van der Waals surface area (Å²) in [6, 6.07) is 21.8. The first-order valence-electron chi connectivity index (χ1n) is 11.6. The molecule has 0 radical (unpaired) electrons. The van der Waals surface area contributed by atoms with E-state index in [9.17, 15) is 9.59 Å². The highest BCUT2D eigenvalue weighted by Crippen LogP contribution is 2.23. The van der Waals surface area contributed by atoms with Gasteiger partial charge in [-0.3, -0.25) is 9.59 Å². The number of hydrogen-bond acceptors (Lipinski definition) is 4. The van der Waals surface area contributed by atoms with E-state index < -0.39 is 0 Å². The zero-order valence-electron chi connectivity index (χ0n) is 18.9. The number of likely N-dealkylation sites (tertiary alicyclic amines) is 1. The van der Waals surface area contributed by atoms with Gasteiger partial charge in [0.1, 0.15) is 12.7 Å². The molecule has 1 saturated heterocycles. The second-order valence-electron chi connectivity index (χ2n) is 8.74. The van der Waals surface area contributed by atoms with Gasteiger partial charge in [-0.2, -0.15) is 5.10 Å². The lowest BCUT2D eigenvalue weighted by Crippen LogP contribution is -2.45. The van der Waals surface area contributed by atoms with Crippen molar-refractivity contribution in [3.8, 4) is 0 Å². The molecule has 172 valence electrons. The molecule has 2 heterocycles. The molecular weight excluding hydrogens is 426 g/mol. The molecule has 7 heteroatoms. The Morgan fingerprint density at radius 2 is 1.76 bits per heavy atom. The van der Waals surface area contributed by atoms with Crippen LogP contribution in [-0.2, 0) is 17.9 Å². The summed E-state index contributed by atoms with van der Waals surface area (Å²) < 4.78 is 1.77. The topological polar surface area (TPSA) is 80.1 Å². The Labute approximate surface area is 198 Å². The molecule has 34 heavy (non-hydrogen) atoms. The Hall–Kier alpha value is -4.00. The average molecular weight is 454 g/mol. The highest BCUT2D eigenvalue weighted by molar-refractivity contribution is 6.07. The molecule has 0 bridgehead atoms. The zero-order chi connectivity index (χ0) is 23.3. The van der Waals surface area contributed by atoms with Crippen LogP contribution < -0.4 is 5.32 Å². The van der Waals surface area contributed by atoms with Crippen LogP contribution in [0.2, 0.25) is 0 Å². The van der Waals surface area contributed by atoms with E-state index in [-0.39, 0.29) is 17.7 Å². The van der Waals surface area contributed by atoms with Gasteiger partial charge in [-0.15, -0.1) is 0 Å². The van der Waals surface area contributed by atoms with E-state index in [4.69, 9.17) is 0 Å². The van der Waals surface area contributed by atoms with Gasteiger partial charge >= 0.3 is 0 Å². The summed E-state index contributed by atoms with van der Waals surface area (Å²) in [4.78, 5) is 32.0. The summed E-state index contributed by atoms with van der Waals surface area (Å²) in [6.45, 7) is 2.26. The van der Waals surface area contributed by atoms with Crippen molar-refractivity contribution in [3.05, 3.63) is 96.1 Å². The molecule has 7 nitrogen and oxygen atoms in total. The monoisotopic (exact) mass is 453 g/mol. The SMILES string of the molecule is O=C(NCc1ccc(Cn2cncn2)cc1)[C@@H]1CCCN(C(=O)c2cccc3ccccc23)C1. The van der Waals surface area contributed by atoms with Crippen molar-refractivity contribution in [1.82, 2.24) is 25.0 Å². The number of rotatable bonds is 6. The number of carbonyl (C=O) groups excluding carboxylic acids is 2. The predicted molar refractivity (Wildman–Crippen MR) is 130 cm³/mol. The summed E-state index contributed by atoms with van der Waals surface area (Å²) in [5.74, 6) is -0.196. The summed E-state index contributed by atoms with van der Waals surface area (Å²) in [7, 11) is 0. The first-order chi connectivity index (χ1) is 16.7. The lowest BCUT2D eigenvalue weighted by molar-refractivity contribution is -0.126. The second-order valence-corrected chi connectivity index (χ2v) is 8.74. The van der Waals surface area contributed by atoms with Gasteiger partial charge in [0.15, 0.2) is 0 Å². The number of carbonyl (C=O) groups is 2. The van der Waals surface area contributed by atoms with Gasteiger partial charge in [-0.1, -0.05) is 60.7 Å². The number of piperidine rings is 1. The van der Waals surface area contributed by atoms with Crippen molar-refractivity contribution >= 4 is 22.6 Å². The van der Waals surface area contributed by atoms with E-state index in [2.05, 4.69) is 15.4 Å². The first kappa shape index (κ1) is 21.8. The normalized spacial score (nSPS) is 15.9. The Morgan fingerprint density at radius 1 is 0.971 bits per heavy atom. The van der Waals surface area contributed by atoms with Crippen LogP contribution in [0, 0.1) is 5.92 Å². The van der Waals surface area contributed by atoms with Crippen molar-refractivity contribution in [2.24, 2.45) is 5.92 Å². The fourth-order valence-corrected chi connectivity index (χ4v) is 4.56. The minimum absolute atomic E-state index is 0.00196. The van der Waals surface area contributed by atoms with Gasteiger partial charge in [-0.05, 0) is 40.8 Å². The number of nitrogens with one attached hydrogen (secondary N) is 1. The number of aromatic nitrogens is 3. The molecule has 0 spiro atoms. The summed E-state index contributed by atoms with van der Waals surface area (Å²) in [5.41, 5.74) is 2.86. The maximum atomic E-state index is 13.3. The zero-order valence-corrected chi connectivity index (χ0v) is 18.9. The molecule has 1 atom stereocenters. The second kappa shape index (κ2) is 9.87. The Morgan fingerprint density at radius 3 is 2.59 bits per heavy atom. The van der Waals surface area contributed by atoms with Crippen molar-refractivity contribution in [1.29, 1.82) is 0 Å². The van der Waals surface area contributed by atoms with Crippen LogP contribution in [0.3, 0.4) is 0 Å². The standard InChI is InChI=1S/C27H27N5O2/c33-26(29-15-20-10-12-21(13-11-20)16-32-19-28-18-30-32)23-7-4-14-31(17-23)27(34)25-9-3-6-22-5-1-2-8-24(22)25/h1-3,5-6,8-13,18-19,23H,4,7,14-17H2,(H,29,33)/t23-/m1/s1. The van der Waals surface area contributed by atoms with E-state index >= 15 is 0 Å². The lowest BCUT2D eigenvalue weighted by Gasteiger charge is -2.32. The average Bonchev–Trinajstić information content (AvgIpc) is 3.40. The number of nitrogens with zero attached hydrogens (tertiary/aromatic N) is 4. The van der Waals surface area contributed by atoms with Crippen LogP contribution in [0.15, 0.2) is 79.4 Å². The van der Waals surface area contributed by atoms with E-state index in [1.54, 1.807) is 11.0 Å². The molecule has 1 fully saturated rings. The van der Waals surface area contributed by atoms with Crippen LogP contribution in [0.4, 0.5) is 0 Å². The van der Waals surface area contributed by atoms with Crippen molar-refractivity contribution < 1.29 is 9.59 Å². The first-order valence-corrected chi connectivity index (χ1v) is 11.6. The molecule has 1 aliphatic rings. The van der Waals surface area contributed by atoms with Crippen LogP contribution in [0.25, 0.3) is 10.8 Å². The number of amides is 2. The van der Waals surface area contributed by atoms with Gasteiger partial charge in [0.25, 0.3) is 5.91 Å². The molecule has 1 N–H and O–H groups in total. The Bertz CT molecular complexity index is 1280. The fourth-order valence-electron chi connectivity index (χ4n) is 4.56. The minimum Gasteiger partial charge on any atom is -0.352 e. The third kappa shape index (κ3) is 4.83. The van der Waals surface area contributed by atoms with E-state index in [1.165, 1.54) is 6.33 Å². The quantitative estimate of drug-likeness (QED) is 0.483. The van der Waals surface area contributed by atoms with Gasteiger partial charge in [0.05, 0.1) is 12.5 Å². The number of hydrogen-bond donors (Lipinski definition) is 1. The summed E-state index contributed by atoms with van der Waals surface area (Å²) in [6.07, 6.45) is 4.83. The highest BCUT2D eigenvalue weighted by Gasteiger charge is 2.29. The fraction of sp³-hybridized carbons (Fsp3) is 0.259. The van der Waals surface area contributed by atoms with Crippen LogP contribution in [0.1, 0.15) is 34.3 Å². The molecular formula is C27H27N5O2. The van der Waals surface area contributed by atoms with Crippen LogP contribution in [0.5, 0.6) is 0 Å². The molecule has 5 rings (SSSR count). The Balaban J connectivity index is 1.18. The molecule has 1 aliphatic heterocycles. The van der Waals surface area contributed by atoms with Gasteiger partial charge in [0, 0.05) is 25.2 Å². The van der Waals surface area contributed by atoms with Crippen molar-refractivity contribution in [3.63, 3.8) is 0 Å². The largest absolute Gasteiger partial charge is 0.352 e. The van der Waals surface area contributed by atoms with E-state index in [0.717, 1.165) is 34.7 Å². The maximum Gasteiger partial charge on any atom is 0.254 e. The van der Waals surface area contributed by atoms with Crippen molar-refractivity contribution in [2.75, 3.05) is 13.1 Å². The van der Waals surface area contributed by atoms with Gasteiger partial charge in [-0.25, -0.2) is 9.67 Å². The third-order valence-corrected chi connectivity index (χ3v) is 6.40. The maximum absolute atomic E-state index is 13.3. The molecule has 0 saturated carbocycles. The molecule has 0 unspecified atom stereocenters. The number of fused-ring (bicyclic) bond motifs is 1. The molecule has 2 amide bonds. The number of benzene rings is 3. The van der Waals surface area contributed by atoms with Crippen LogP contribution in [-0.4, -0.2) is 44.6 Å². The summed E-state index contributed by atoms with van der Waals surface area (Å²) in [5, 5.41) is 9.18. The lowest BCUT2D eigenvalue weighted by atomic mass is 9.95. The Kier molecular flexibility index (Phi) is 6.33. The van der Waals surface area contributed by atoms with Crippen molar-refractivity contribution in [2.45, 2.75) is 25.9 Å². The summed E-state index contributed by atoms with van der Waals surface area (Å²) >= 11 is 0. The molecule has 3 aromatic carbocycles. The van der Waals surface area contributed by atoms with Gasteiger partial charge < -0.3 is 10.2 Å². The van der Waals surface area contributed by atoms with E-state index in [0.29, 0.717) is 31.7 Å². The minimum atomic E-state index is -0.195. The molecule has 4 aromatic rings. The molecule has 0 aliphatic carbocycles.